The van der Waals surface area contributed by atoms with E-state index in [0.29, 0.717) is 25.3 Å². The van der Waals surface area contributed by atoms with E-state index in [-0.39, 0.29) is 24.5 Å². The van der Waals surface area contributed by atoms with E-state index in [1.807, 2.05) is 0 Å². The summed E-state index contributed by atoms with van der Waals surface area (Å²) in [4.78, 5) is 12.1. The first-order chi connectivity index (χ1) is 11.0. The van der Waals surface area contributed by atoms with E-state index in [1.165, 1.54) is 0 Å². The van der Waals surface area contributed by atoms with Crippen molar-refractivity contribution >= 4 is 17.6 Å². The molecule has 1 aliphatic carbocycles. The maximum Gasteiger partial charge on any atom is 0.317 e. The third-order valence-electron chi connectivity index (χ3n) is 4.35. The van der Waals surface area contributed by atoms with Crippen LogP contribution in [0.1, 0.15) is 46.0 Å². The van der Waals surface area contributed by atoms with Crippen molar-refractivity contribution in [2.24, 2.45) is 0 Å². The number of hydrogen-bond donors (Lipinski definition) is 5. The second-order valence-corrected chi connectivity index (χ2v) is 7.13. The van der Waals surface area contributed by atoms with Gasteiger partial charge in [0, 0.05) is 12.1 Å². The first-order valence-electron chi connectivity index (χ1n) is 8.58. The van der Waals surface area contributed by atoms with Crippen LogP contribution >= 0.6 is 11.6 Å². The summed E-state index contributed by atoms with van der Waals surface area (Å²) in [7, 11) is 0. The standard InChI is InChI=1S/C15H29ClFN5O/c1-3-6-18-13-7-9(2)19-14(21-13)22-15(23)20-10-4-5-12(17)11(16)8-10/h9-14,18-19,21H,3-8H2,1-2H3,(H2,20,22,23). The lowest BCUT2D eigenvalue weighted by molar-refractivity contribution is 0.180. The molecular weight excluding hydrogens is 321 g/mol. The van der Waals surface area contributed by atoms with Gasteiger partial charge in [0.05, 0.1) is 11.5 Å². The molecule has 2 fully saturated rings. The fourth-order valence-electron chi connectivity index (χ4n) is 3.14. The Balaban J connectivity index is 1.75. The normalized spacial score (nSPS) is 38.1. The summed E-state index contributed by atoms with van der Waals surface area (Å²) in [5.41, 5.74) is 0. The number of amides is 2. The van der Waals surface area contributed by atoms with Gasteiger partial charge in [-0.05, 0) is 45.6 Å². The molecule has 1 saturated carbocycles. The average Bonchev–Trinajstić information content (AvgIpc) is 2.48. The summed E-state index contributed by atoms with van der Waals surface area (Å²) in [6, 6.07) is -0.0332. The molecule has 2 rings (SSSR count). The Morgan fingerprint density at radius 2 is 2.04 bits per heavy atom. The lowest BCUT2D eigenvalue weighted by Gasteiger charge is -2.37. The highest BCUT2D eigenvalue weighted by Gasteiger charge is 2.31. The minimum absolute atomic E-state index is 0.0699. The van der Waals surface area contributed by atoms with Gasteiger partial charge in [-0.25, -0.2) is 9.18 Å². The third kappa shape index (κ3) is 6.06. The number of alkyl halides is 2. The van der Waals surface area contributed by atoms with E-state index in [0.717, 1.165) is 19.4 Å². The van der Waals surface area contributed by atoms with Gasteiger partial charge in [0.25, 0.3) is 0 Å². The quantitative estimate of drug-likeness (QED) is 0.486. The van der Waals surface area contributed by atoms with Crippen molar-refractivity contribution in [2.75, 3.05) is 6.54 Å². The van der Waals surface area contributed by atoms with Gasteiger partial charge in [0.2, 0.25) is 0 Å². The zero-order valence-corrected chi connectivity index (χ0v) is 14.6. The third-order valence-corrected chi connectivity index (χ3v) is 4.80. The highest BCUT2D eigenvalue weighted by Crippen LogP contribution is 2.25. The maximum atomic E-state index is 13.4. The molecule has 6 unspecified atom stereocenters. The minimum Gasteiger partial charge on any atom is -0.335 e. The van der Waals surface area contributed by atoms with Gasteiger partial charge in [0.15, 0.2) is 0 Å². The van der Waals surface area contributed by atoms with Crippen LogP contribution in [-0.2, 0) is 0 Å². The monoisotopic (exact) mass is 349 g/mol. The molecule has 0 aromatic carbocycles. The molecule has 0 radical (unpaired) electrons. The molecule has 5 N–H and O–H groups in total. The Bertz CT molecular complexity index is 389. The Labute approximate surface area is 142 Å². The summed E-state index contributed by atoms with van der Waals surface area (Å²) in [6.45, 7) is 5.15. The van der Waals surface area contributed by atoms with Gasteiger partial charge in [0.1, 0.15) is 12.5 Å². The molecule has 0 aromatic heterocycles. The van der Waals surface area contributed by atoms with Gasteiger partial charge in [-0.2, -0.15) is 0 Å². The van der Waals surface area contributed by atoms with Gasteiger partial charge in [-0.15, -0.1) is 11.6 Å². The Kier molecular flexibility index (Phi) is 7.33. The molecule has 6 nitrogen and oxygen atoms in total. The second kappa shape index (κ2) is 9.01. The Hall–Kier alpha value is -0.630. The smallest absolute Gasteiger partial charge is 0.317 e. The van der Waals surface area contributed by atoms with Crippen LogP contribution in [-0.4, -0.2) is 48.7 Å². The number of rotatable bonds is 5. The molecule has 23 heavy (non-hydrogen) atoms. The van der Waals surface area contributed by atoms with Crippen LogP contribution in [0.25, 0.3) is 0 Å². The van der Waals surface area contributed by atoms with Crippen molar-refractivity contribution in [3.05, 3.63) is 0 Å². The second-order valence-electron chi connectivity index (χ2n) is 6.57. The van der Waals surface area contributed by atoms with E-state index >= 15 is 0 Å². The summed E-state index contributed by atoms with van der Waals surface area (Å²) in [5.74, 6) is 0. The molecule has 2 amide bonds. The van der Waals surface area contributed by atoms with E-state index < -0.39 is 11.5 Å². The van der Waals surface area contributed by atoms with Crippen LogP contribution < -0.4 is 26.6 Å². The molecule has 0 aromatic rings. The van der Waals surface area contributed by atoms with E-state index in [4.69, 9.17) is 11.6 Å². The van der Waals surface area contributed by atoms with Crippen LogP contribution in [0.2, 0.25) is 0 Å². The predicted octanol–water partition coefficient (Wildman–Crippen LogP) is 1.36. The van der Waals surface area contributed by atoms with E-state index in [9.17, 15) is 9.18 Å². The molecule has 8 heteroatoms. The number of nitrogens with one attached hydrogen (secondary N) is 5. The lowest BCUT2D eigenvalue weighted by Crippen LogP contribution is -2.68. The van der Waals surface area contributed by atoms with Crippen LogP contribution in [0.3, 0.4) is 0 Å². The van der Waals surface area contributed by atoms with Gasteiger partial charge >= 0.3 is 6.03 Å². The summed E-state index contributed by atoms with van der Waals surface area (Å²) in [6.07, 6.45) is 2.43. The number of carbonyl (C=O) groups excluding carboxylic acids is 1. The molecule has 2 aliphatic rings. The van der Waals surface area contributed by atoms with Gasteiger partial charge < -0.3 is 16.0 Å². The molecule has 1 aliphatic heterocycles. The lowest BCUT2D eigenvalue weighted by atomic mass is 9.93. The van der Waals surface area contributed by atoms with Crippen LogP contribution in [0, 0.1) is 0 Å². The topological polar surface area (TPSA) is 77.2 Å². The largest absolute Gasteiger partial charge is 0.335 e. The molecule has 6 atom stereocenters. The van der Waals surface area contributed by atoms with Crippen molar-refractivity contribution in [3.63, 3.8) is 0 Å². The SMILES string of the molecule is CCCNC1CC(C)NC(NC(=O)NC2CCC(F)C(Cl)C2)N1. The molecule has 1 heterocycles. The fourth-order valence-corrected chi connectivity index (χ4v) is 3.48. The van der Waals surface area contributed by atoms with Crippen molar-refractivity contribution < 1.29 is 9.18 Å². The first-order valence-corrected chi connectivity index (χ1v) is 9.02. The molecule has 0 bridgehead atoms. The predicted molar refractivity (Wildman–Crippen MR) is 90.1 cm³/mol. The van der Waals surface area contributed by atoms with Crippen LogP contribution in [0.4, 0.5) is 9.18 Å². The van der Waals surface area contributed by atoms with E-state index in [1.54, 1.807) is 0 Å². The number of carbonyl (C=O) groups is 1. The van der Waals surface area contributed by atoms with Crippen molar-refractivity contribution in [1.82, 2.24) is 26.6 Å². The average molecular weight is 350 g/mol. The molecule has 1 saturated heterocycles. The van der Waals surface area contributed by atoms with Crippen molar-refractivity contribution in [2.45, 2.75) is 82.0 Å². The highest BCUT2D eigenvalue weighted by molar-refractivity contribution is 6.21. The van der Waals surface area contributed by atoms with Gasteiger partial charge in [-0.3, -0.25) is 10.6 Å². The highest BCUT2D eigenvalue weighted by atomic mass is 35.5. The zero-order valence-electron chi connectivity index (χ0n) is 13.9. The van der Waals surface area contributed by atoms with Crippen LogP contribution in [0.15, 0.2) is 0 Å². The zero-order chi connectivity index (χ0) is 16.8. The fraction of sp³-hybridized carbons (Fsp3) is 0.933. The number of hydrogen-bond acceptors (Lipinski definition) is 4. The molecule has 134 valence electrons. The molecular formula is C15H29ClFN5O. The number of urea groups is 1. The Morgan fingerprint density at radius 1 is 1.26 bits per heavy atom. The first kappa shape index (κ1) is 18.7. The number of halogens is 2. The van der Waals surface area contributed by atoms with E-state index in [2.05, 4.69) is 40.4 Å². The minimum atomic E-state index is -0.967. The van der Waals surface area contributed by atoms with Crippen molar-refractivity contribution in [1.29, 1.82) is 0 Å². The molecule has 0 spiro atoms. The summed E-state index contributed by atoms with van der Waals surface area (Å²) >= 11 is 5.94. The summed E-state index contributed by atoms with van der Waals surface area (Å²) in [5, 5.41) is 15.3. The van der Waals surface area contributed by atoms with Gasteiger partial charge in [-0.1, -0.05) is 6.92 Å². The van der Waals surface area contributed by atoms with Crippen LogP contribution in [0.5, 0.6) is 0 Å². The maximum absolute atomic E-state index is 13.4. The Morgan fingerprint density at radius 3 is 2.74 bits per heavy atom. The summed E-state index contributed by atoms with van der Waals surface area (Å²) < 4.78 is 13.4. The van der Waals surface area contributed by atoms with Crippen molar-refractivity contribution in [3.8, 4) is 0 Å².